The van der Waals surface area contributed by atoms with Crippen molar-refractivity contribution in [2.24, 2.45) is 0 Å². The van der Waals surface area contributed by atoms with E-state index in [9.17, 15) is 9.59 Å². The van der Waals surface area contributed by atoms with Gasteiger partial charge in [-0.05, 0) is 37.1 Å². The van der Waals surface area contributed by atoms with E-state index in [0.717, 1.165) is 24.2 Å². The first-order chi connectivity index (χ1) is 11.0. The van der Waals surface area contributed by atoms with Gasteiger partial charge in [0.05, 0.1) is 20.1 Å². The van der Waals surface area contributed by atoms with Gasteiger partial charge >= 0.3 is 5.97 Å². The summed E-state index contributed by atoms with van der Waals surface area (Å²) in [6.45, 7) is 2.73. The van der Waals surface area contributed by atoms with E-state index in [1.165, 1.54) is 0 Å². The molecule has 1 aliphatic rings. The van der Waals surface area contributed by atoms with Crippen LogP contribution in [0.2, 0.25) is 0 Å². The van der Waals surface area contributed by atoms with Gasteiger partial charge in [-0.25, -0.2) is 0 Å². The van der Waals surface area contributed by atoms with Crippen molar-refractivity contribution in [2.45, 2.75) is 38.3 Å². The molecule has 6 nitrogen and oxygen atoms in total. The van der Waals surface area contributed by atoms with Crippen molar-refractivity contribution in [3.8, 4) is 5.75 Å². The monoisotopic (exact) mass is 320 g/mol. The molecule has 0 spiro atoms. The predicted octanol–water partition coefficient (Wildman–Crippen LogP) is 1.29. The molecule has 1 aromatic carbocycles. The average molecular weight is 320 g/mol. The lowest BCUT2D eigenvalue weighted by atomic mass is 9.85. The summed E-state index contributed by atoms with van der Waals surface area (Å²) >= 11 is 0. The van der Waals surface area contributed by atoms with Crippen LogP contribution in [0.3, 0.4) is 0 Å². The number of methoxy groups -OCH3 is 1. The molecule has 0 radical (unpaired) electrons. The minimum Gasteiger partial charge on any atom is -0.497 e. The normalized spacial score (nSPS) is 20.0. The van der Waals surface area contributed by atoms with Gasteiger partial charge < -0.3 is 15.2 Å². The second-order valence-corrected chi connectivity index (χ2v) is 5.87. The van der Waals surface area contributed by atoms with Gasteiger partial charge in [0, 0.05) is 12.1 Å². The molecule has 1 aromatic rings. The van der Waals surface area contributed by atoms with Crippen molar-refractivity contribution in [2.75, 3.05) is 20.2 Å². The topological polar surface area (TPSA) is 78.9 Å². The largest absolute Gasteiger partial charge is 0.497 e. The second-order valence-electron chi connectivity index (χ2n) is 5.87. The zero-order chi connectivity index (χ0) is 16.8. The molecule has 2 N–H and O–H groups in total. The quantitative estimate of drug-likeness (QED) is 0.754. The maximum Gasteiger partial charge on any atom is 0.317 e. The number of amides is 1. The van der Waals surface area contributed by atoms with E-state index >= 15 is 0 Å². The molecule has 0 bridgehead atoms. The van der Waals surface area contributed by atoms with Crippen molar-refractivity contribution < 1.29 is 19.4 Å². The molecule has 0 atom stereocenters. The molecular formula is C17H24N2O4. The number of hydrogen-bond acceptors (Lipinski definition) is 4. The lowest BCUT2D eigenvalue weighted by molar-refractivity contribution is -0.139. The summed E-state index contributed by atoms with van der Waals surface area (Å²) in [7, 11) is 1.61. The third-order valence-electron chi connectivity index (χ3n) is 4.26. The van der Waals surface area contributed by atoms with Crippen LogP contribution in [0.4, 0.5) is 0 Å². The van der Waals surface area contributed by atoms with Gasteiger partial charge in [-0.15, -0.1) is 0 Å². The number of likely N-dealkylation sites (N-methyl/N-ethyl adjacent to an activating group) is 1. The van der Waals surface area contributed by atoms with Crippen LogP contribution in [-0.4, -0.2) is 54.2 Å². The first kappa shape index (κ1) is 17.3. The Morgan fingerprint density at radius 3 is 2.48 bits per heavy atom. The van der Waals surface area contributed by atoms with Crippen LogP contribution in [0.15, 0.2) is 24.3 Å². The van der Waals surface area contributed by atoms with E-state index in [4.69, 9.17) is 9.84 Å². The Hall–Kier alpha value is -2.08. The third kappa shape index (κ3) is 4.96. The number of carboxylic acids is 1. The van der Waals surface area contributed by atoms with Crippen LogP contribution >= 0.6 is 0 Å². The van der Waals surface area contributed by atoms with Crippen molar-refractivity contribution in [3.05, 3.63) is 29.8 Å². The van der Waals surface area contributed by atoms with E-state index in [-0.39, 0.29) is 24.5 Å². The Bertz CT molecular complexity index is 538. The van der Waals surface area contributed by atoms with Crippen molar-refractivity contribution >= 4 is 11.9 Å². The standard InChI is InChI=1S/C17H24N2O4/c1-3-19(11-17(21)22)14-9-13(10-14)18-16(20)8-12-4-6-15(23-2)7-5-12/h4-7,13-14H,3,8-11H2,1-2H3,(H,18,20)(H,21,22). The second kappa shape index (κ2) is 7.97. The Morgan fingerprint density at radius 1 is 1.30 bits per heavy atom. The first-order valence-electron chi connectivity index (χ1n) is 7.90. The number of benzene rings is 1. The van der Waals surface area contributed by atoms with Crippen LogP contribution in [-0.2, 0) is 16.0 Å². The number of rotatable bonds is 8. The minimum absolute atomic E-state index is 0.0000927. The highest BCUT2D eigenvalue weighted by molar-refractivity contribution is 5.79. The van der Waals surface area contributed by atoms with Crippen molar-refractivity contribution in [1.29, 1.82) is 0 Å². The molecule has 2 rings (SSSR count). The minimum atomic E-state index is -0.807. The zero-order valence-electron chi connectivity index (χ0n) is 13.6. The van der Waals surface area contributed by atoms with Crippen LogP contribution in [0.1, 0.15) is 25.3 Å². The molecule has 1 fully saturated rings. The SMILES string of the molecule is CCN(CC(=O)O)C1CC(NC(=O)Cc2ccc(OC)cc2)C1. The van der Waals surface area contributed by atoms with Gasteiger partial charge in [0.15, 0.2) is 0 Å². The molecule has 0 aliphatic heterocycles. The summed E-state index contributed by atoms with van der Waals surface area (Å²) in [6, 6.07) is 7.84. The van der Waals surface area contributed by atoms with Crippen molar-refractivity contribution in [1.82, 2.24) is 10.2 Å². The molecule has 126 valence electrons. The molecular weight excluding hydrogens is 296 g/mol. The van der Waals surface area contributed by atoms with E-state index < -0.39 is 5.97 Å². The van der Waals surface area contributed by atoms with E-state index in [0.29, 0.717) is 13.0 Å². The number of hydrogen-bond donors (Lipinski definition) is 2. The summed E-state index contributed by atoms with van der Waals surface area (Å²) in [5, 5.41) is 11.9. The number of carbonyl (C=O) groups excluding carboxylic acids is 1. The zero-order valence-corrected chi connectivity index (χ0v) is 13.6. The van der Waals surface area contributed by atoms with Crippen molar-refractivity contribution in [3.63, 3.8) is 0 Å². The van der Waals surface area contributed by atoms with E-state index in [2.05, 4.69) is 5.32 Å². The van der Waals surface area contributed by atoms with Crippen LogP contribution in [0.25, 0.3) is 0 Å². The summed E-state index contributed by atoms with van der Waals surface area (Å²) in [4.78, 5) is 24.8. The van der Waals surface area contributed by atoms with Crippen LogP contribution in [0, 0.1) is 0 Å². The molecule has 1 saturated carbocycles. The highest BCUT2D eigenvalue weighted by Gasteiger charge is 2.34. The number of nitrogens with zero attached hydrogens (tertiary/aromatic N) is 1. The van der Waals surface area contributed by atoms with E-state index in [1.807, 2.05) is 36.1 Å². The highest BCUT2D eigenvalue weighted by atomic mass is 16.5. The number of ether oxygens (including phenoxy) is 1. The summed E-state index contributed by atoms with van der Waals surface area (Å²) < 4.78 is 5.09. The maximum atomic E-state index is 12.0. The number of carbonyl (C=O) groups is 2. The van der Waals surface area contributed by atoms with Gasteiger partial charge in [-0.2, -0.15) is 0 Å². The fourth-order valence-electron chi connectivity index (χ4n) is 2.88. The lowest BCUT2D eigenvalue weighted by Crippen LogP contribution is -2.55. The molecule has 0 heterocycles. The van der Waals surface area contributed by atoms with E-state index in [1.54, 1.807) is 7.11 Å². The van der Waals surface area contributed by atoms with Crippen LogP contribution < -0.4 is 10.1 Å². The molecule has 6 heteroatoms. The fraction of sp³-hybridized carbons (Fsp3) is 0.529. The lowest BCUT2D eigenvalue weighted by Gasteiger charge is -2.42. The molecule has 0 saturated heterocycles. The maximum absolute atomic E-state index is 12.0. The van der Waals surface area contributed by atoms with Crippen LogP contribution in [0.5, 0.6) is 5.75 Å². The Kier molecular flexibility index (Phi) is 5.98. The van der Waals surface area contributed by atoms with Gasteiger partial charge in [-0.3, -0.25) is 14.5 Å². The average Bonchev–Trinajstić information content (AvgIpc) is 2.49. The van der Waals surface area contributed by atoms with Gasteiger partial charge in [0.25, 0.3) is 0 Å². The summed E-state index contributed by atoms with van der Waals surface area (Å²) in [5.41, 5.74) is 0.945. The highest BCUT2D eigenvalue weighted by Crippen LogP contribution is 2.25. The Balaban J connectivity index is 1.74. The molecule has 23 heavy (non-hydrogen) atoms. The fourth-order valence-corrected chi connectivity index (χ4v) is 2.88. The molecule has 0 unspecified atom stereocenters. The number of aliphatic carboxylic acids is 1. The molecule has 1 amide bonds. The predicted molar refractivity (Wildman–Crippen MR) is 86.5 cm³/mol. The van der Waals surface area contributed by atoms with Gasteiger partial charge in [-0.1, -0.05) is 19.1 Å². The summed E-state index contributed by atoms with van der Waals surface area (Å²) in [6.07, 6.45) is 1.97. The summed E-state index contributed by atoms with van der Waals surface area (Å²) in [5.74, 6) is -0.0344. The smallest absolute Gasteiger partial charge is 0.317 e. The molecule has 1 aliphatic carbocycles. The Labute approximate surface area is 136 Å². The van der Waals surface area contributed by atoms with Gasteiger partial charge in [0.1, 0.15) is 5.75 Å². The molecule has 0 aromatic heterocycles. The first-order valence-corrected chi connectivity index (χ1v) is 7.90. The number of nitrogens with one attached hydrogen (secondary N) is 1. The van der Waals surface area contributed by atoms with Gasteiger partial charge in [0.2, 0.25) is 5.91 Å². The third-order valence-corrected chi connectivity index (χ3v) is 4.26. The Morgan fingerprint density at radius 2 is 1.96 bits per heavy atom. The number of carboxylic acid groups (broad SMARTS) is 1.